The summed E-state index contributed by atoms with van der Waals surface area (Å²) >= 11 is 0. The van der Waals surface area contributed by atoms with Crippen molar-refractivity contribution >= 4 is 11.7 Å². The van der Waals surface area contributed by atoms with Crippen LogP contribution in [0.5, 0.6) is 5.75 Å². The van der Waals surface area contributed by atoms with Crippen molar-refractivity contribution in [2.24, 2.45) is 0 Å². The third kappa shape index (κ3) is 3.46. The van der Waals surface area contributed by atoms with Crippen molar-refractivity contribution in [3.05, 3.63) is 58.1 Å². The second-order valence-electron chi connectivity index (χ2n) is 5.99. The first kappa shape index (κ1) is 16.9. The number of ether oxygens (including phenoxy) is 2. The van der Waals surface area contributed by atoms with Gasteiger partial charge < -0.3 is 14.4 Å². The van der Waals surface area contributed by atoms with Gasteiger partial charge in [-0.25, -0.2) is 4.79 Å². The monoisotopic (exact) mass is 342 g/mol. The van der Waals surface area contributed by atoms with Crippen molar-refractivity contribution < 1.29 is 19.2 Å². The van der Waals surface area contributed by atoms with Gasteiger partial charge in [0.2, 0.25) is 6.10 Å². The summed E-state index contributed by atoms with van der Waals surface area (Å²) in [6.07, 6.45) is -1.02. The summed E-state index contributed by atoms with van der Waals surface area (Å²) in [5, 5.41) is 11.1. The molecule has 2 aromatic rings. The van der Waals surface area contributed by atoms with E-state index in [-0.39, 0.29) is 12.3 Å². The van der Waals surface area contributed by atoms with Gasteiger partial charge in [-0.15, -0.1) is 0 Å². The fourth-order valence-corrected chi connectivity index (χ4v) is 2.69. The van der Waals surface area contributed by atoms with Crippen LogP contribution in [-0.4, -0.2) is 43.0 Å². The van der Waals surface area contributed by atoms with E-state index in [4.69, 9.17) is 9.47 Å². The summed E-state index contributed by atoms with van der Waals surface area (Å²) in [4.78, 5) is 25.0. The SMILES string of the molecule is CN(C)CCOC(=O)C1Oc2ccccc2-c2ccc([N+](=O)[O-])cc21. The highest BCUT2D eigenvalue weighted by atomic mass is 16.6. The molecule has 0 saturated carbocycles. The molecule has 1 aliphatic heterocycles. The summed E-state index contributed by atoms with van der Waals surface area (Å²) in [5.41, 5.74) is 1.89. The highest BCUT2D eigenvalue weighted by Gasteiger charge is 2.34. The third-order valence-electron chi connectivity index (χ3n) is 3.95. The molecule has 1 heterocycles. The molecule has 7 nitrogen and oxygen atoms in total. The zero-order chi connectivity index (χ0) is 18.0. The van der Waals surface area contributed by atoms with Crippen LogP contribution in [0.3, 0.4) is 0 Å². The van der Waals surface area contributed by atoms with Gasteiger partial charge in [-0.3, -0.25) is 10.1 Å². The number of non-ortho nitro benzene ring substituents is 1. The molecule has 0 spiro atoms. The smallest absolute Gasteiger partial charge is 0.352 e. The van der Waals surface area contributed by atoms with Gasteiger partial charge in [0, 0.05) is 29.8 Å². The molecule has 1 unspecified atom stereocenters. The van der Waals surface area contributed by atoms with Crippen LogP contribution >= 0.6 is 0 Å². The molecular weight excluding hydrogens is 324 g/mol. The highest BCUT2D eigenvalue weighted by Crippen LogP contribution is 2.43. The first-order valence-electron chi connectivity index (χ1n) is 7.83. The van der Waals surface area contributed by atoms with Crippen molar-refractivity contribution in [1.29, 1.82) is 0 Å². The molecule has 25 heavy (non-hydrogen) atoms. The van der Waals surface area contributed by atoms with E-state index < -0.39 is 17.0 Å². The standard InChI is InChI=1S/C18H18N2O5/c1-19(2)9-10-24-18(21)17-15-11-12(20(22)23)7-8-13(15)14-5-3-4-6-16(14)25-17/h3-8,11,17H,9-10H2,1-2H3. The van der Waals surface area contributed by atoms with Crippen LogP contribution in [0.4, 0.5) is 5.69 Å². The Kier molecular flexibility index (Phi) is 4.67. The molecule has 0 bridgehead atoms. The van der Waals surface area contributed by atoms with Crippen molar-refractivity contribution in [1.82, 2.24) is 4.90 Å². The molecular formula is C18H18N2O5. The summed E-state index contributed by atoms with van der Waals surface area (Å²) in [5.74, 6) is -0.00323. The van der Waals surface area contributed by atoms with Crippen molar-refractivity contribution in [3.63, 3.8) is 0 Å². The first-order chi connectivity index (χ1) is 12.0. The Hall–Kier alpha value is -2.93. The fourth-order valence-electron chi connectivity index (χ4n) is 2.69. The van der Waals surface area contributed by atoms with Gasteiger partial charge in [0.1, 0.15) is 12.4 Å². The first-order valence-corrected chi connectivity index (χ1v) is 7.83. The molecule has 1 aliphatic rings. The summed E-state index contributed by atoms with van der Waals surface area (Å²) < 4.78 is 11.1. The number of hydrogen-bond donors (Lipinski definition) is 0. The van der Waals surface area contributed by atoms with E-state index in [1.807, 2.05) is 37.2 Å². The lowest BCUT2D eigenvalue weighted by Crippen LogP contribution is -2.27. The maximum Gasteiger partial charge on any atom is 0.352 e. The molecule has 0 N–H and O–H groups in total. The normalized spacial score (nSPS) is 15.1. The predicted molar refractivity (Wildman–Crippen MR) is 91.4 cm³/mol. The number of nitro benzene ring substituents is 1. The quantitative estimate of drug-likeness (QED) is 0.472. The largest absolute Gasteiger partial charge is 0.473 e. The van der Waals surface area contributed by atoms with Crippen LogP contribution in [0.2, 0.25) is 0 Å². The number of esters is 1. The Morgan fingerprint density at radius 1 is 1.24 bits per heavy atom. The average Bonchev–Trinajstić information content (AvgIpc) is 2.60. The van der Waals surface area contributed by atoms with Gasteiger partial charge in [0.05, 0.1) is 4.92 Å². The van der Waals surface area contributed by atoms with Gasteiger partial charge in [-0.1, -0.05) is 18.2 Å². The number of likely N-dealkylation sites (N-methyl/N-ethyl adjacent to an activating group) is 1. The van der Waals surface area contributed by atoms with Gasteiger partial charge >= 0.3 is 5.97 Å². The number of nitrogens with zero attached hydrogens (tertiary/aromatic N) is 2. The van der Waals surface area contributed by atoms with Crippen LogP contribution in [0, 0.1) is 10.1 Å². The molecule has 0 radical (unpaired) electrons. The topological polar surface area (TPSA) is 81.9 Å². The van der Waals surface area contributed by atoms with E-state index in [9.17, 15) is 14.9 Å². The number of hydrogen-bond acceptors (Lipinski definition) is 6. The summed E-state index contributed by atoms with van der Waals surface area (Å²) in [6.45, 7) is 0.800. The molecule has 130 valence electrons. The Labute approximate surface area is 144 Å². The maximum absolute atomic E-state index is 12.5. The Balaban J connectivity index is 1.97. The van der Waals surface area contributed by atoms with Crippen molar-refractivity contribution in [2.45, 2.75) is 6.10 Å². The van der Waals surface area contributed by atoms with E-state index in [1.54, 1.807) is 12.1 Å². The van der Waals surface area contributed by atoms with Crippen LogP contribution in [0.15, 0.2) is 42.5 Å². The van der Waals surface area contributed by atoms with Gasteiger partial charge in [-0.05, 0) is 31.8 Å². The van der Waals surface area contributed by atoms with Gasteiger partial charge in [0.25, 0.3) is 5.69 Å². The van der Waals surface area contributed by atoms with Crippen LogP contribution in [-0.2, 0) is 9.53 Å². The minimum atomic E-state index is -1.02. The summed E-state index contributed by atoms with van der Waals surface area (Å²) in [6, 6.07) is 11.7. The van der Waals surface area contributed by atoms with E-state index >= 15 is 0 Å². The lowest BCUT2D eigenvalue weighted by Gasteiger charge is -2.27. The molecule has 0 aliphatic carbocycles. The minimum Gasteiger partial charge on any atom is -0.473 e. The van der Waals surface area contributed by atoms with Crippen LogP contribution in [0.25, 0.3) is 11.1 Å². The number of carbonyl (C=O) groups is 1. The fraction of sp³-hybridized carbons (Fsp3) is 0.278. The molecule has 3 rings (SSSR count). The second kappa shape index (κ2) is 6.90. The lowest BCUT2D eigenvalue weighted by molar-refractivity contribution is -0.384. The summed E-state index contributed by atoms with van der Waals surface area (Å²) in [7, 11) is 3.75. The molecule has 0 saturated heterocycles. The number of nitro groups is 1. The van der Waals surface area contributed by atoms with E-state index in [0.717, 1.165) is 11.1 Å². The van der Waals surface area contributed by atoms with Crippen molar-refractivity contribution in [3.8, 4) is 16.9 Å². The third-order valence-corrected chi connectivity index (χ3v) is 3.95. The Morgan fingerprint density at radius 3 is 2.72 bits per heavy atom. The number of para-hydroxylation sites is 1. The Morgan fingerprint density at radius 2 is 2.00 bits per heavy atom. The van der Waals surface area contributed by atoms with E-state index in [1.165, 1.54) is 12.1 Å². The maximum atomic E-state index is 12.5. The van der Waals surface area contributed by atoms with E-state index in [0.29, 0.717) is 17.9 Å². The number of rotatable bonds is 5. The zero-order valence-corrected chi connectivity index (χ0v) is 14.0. The lowest BCUT2D eigenvalue weighted by atomic mass is 9.92. The predicted octanol–water partition coefficient (Wildman–Crippen LogP) is 2.80. The molecule has 7 heteroatoms. The molecule has 0 fully saturated rings. The minimum absolute atomic E-state index is 0.0900. The number of carbonyl (C=O) groups excluding carboxylic acids is 1. The van der Waals surface area contributed by atoms with Gasteiger partial charge in [0.15, 0.2) is 0 Å². The highest BCUT2D eigenvalue weighted by molar-refractivity contribution is 5.86. The Bertz CT molecular complexity index is 819. The molecule has 2 aromatic carbocycles. The number of fused-ring (bicyclic) bond motifs is 3. The average molecular weight is 342 g/mol. The molecule has 0 aromatic heterocycles. The van der Waals surface area contributed by atoms with E-state index in [2.05, 4.69) is 0 Å². The van der Waals surface area contributed by atoms with Crippen molar-refractivity contribution in [2.75, 3.05) is 27.2 Å². The van der Waals surface area contributed by atoms with Gasteiger partial charge in [-0.2, -0.15) is 0 Å². The molecule has 0 amide bonds. The van der Waals surface area contributed by atoms with Crippen LogP contribution < -0.4 is 4.74 Å². The molecule has 1 atom stereocenters. The second-order valence-corrected chi connectivity index (χ2v) is 5.99. The zero-order valence-electron chi connectivity index (χ0n) is 14.0. The van der Waals surface area contributed by atoms with Crippen LogP contribution in [0.1, 0.15) is 11.7 Å². The number of benzene rings is 2.